The standard InChI is InChI=1S/C16H35ClO4Si2/c1-15(2,3)22(7,8)20-12-13(11-19-14(17)18)21-23(9,10)16(4,5)6/h13H,11-12H2,1-10H3/t13-/m0/s1. The molecule has 0 saturated heterocycles. The Hall–Kier alpha value is 0.114. The summed E-state index contributed by atoms with van der Waals surface area (Å²) in [6, 6.07) is 0. The van der Waals surface area contributed by atoms with Crippen molar-refractivity contribution in [3.05, 3.63) is 0 Å². The van der Waals surface area contributed by atoms with Crippen molar-refractivity contribution in [1.29, 1.82) is 0 Å². The maximum Gasteiger partial charge on any atom is 0.403 e. The van der Waals surface area contributed by atoms with Gasteiger partial charge in [-0.25, -0.2) is 4.79 Å². The molecule has 0 rings (SSSR count). The Morgan fingerprint density at radius 1 is 0.913 bits per heavy atom. The van der Waals surface area contributed by atoms with Gasteiger partial charge in [0.15, 0.2) is 16.6 Å². The van der Waals surface area contributed by atoms with Crippen LogP contribution in [0, 0.1) is 0 Å². The van der Waals surface area contributed by atoms with Crippen LogP contribution in [0.25, 0.3) is 0 Å². The van der Waals surface area contributed by atoms with Crippen molar-refractivity contribution in [2.75, 3.05) is 13.2 Å². The average Bonchev–Trinajstić information content (AvgIpc) is 2.29. The molecule has 0 aliphatic carbocycles. The van der Waals surface area contributed by atoms with Crippen LogP contribution in [0.5, 0.6) is 0 Å². The molecule has 0 unspecified atom stereocenters. The zero-order chi connectivity index (χ0) is 18.7. The van der Waals surface area contributed by atoms with Crippen LogP contribution in [0.3, 0.4) is 0 Å². The van der Waals surface area contributed by atoms with E-state index in [0.717, 1.165) is 0 Å². The largest absolute Gasteiger partial charge is 0.451 e. The summed E-state index contributed by atoms with van der Waals surface area (Å²) in [4.78, 5) is 10.9. The fraction of sp³-hybridized carbons (Fsp3) is 0.938. The normalized spacial score (nSPS) is 15.4. The molecule has 1 atom stereocenters. The lowest BCUT2D eigenvalue weighted by molar-refractivity contribution is 0.0498. The van der Waals surface area contributed by atoms with Gasteiger partial charge in [0, 0.05) is 11.6 Å². The summed E-state index contributed by atoms with van der Waals surface area (Å²) in [7, 11) is -3.86. The lowest BCUT2D eigenvalue weighted by atomic mass is 10.2. The maximum absolute atomic E-state index is 10.9. The first-order chi connectivity index (χ1) is 9.99. The second-order valence-electron chi connectivity index (χ2n) is 9.12. The number of rotatable bonds is 7. The van der Waals surface area contributed by atoms with Gasteiger partial charge in [-0.05, 0) is 36.3 Å². The maximum atomic E-state index is 10.9. The van der Waals surface area contributed by atoms with Crippen molar-refractivity contribution < 1.29 is 18.4 Å². The lowest BCUT2D eigenvalue weighted by Gasteiger charge is -2.41. The van der Waals surface area contributed by atoms with E-state index in [1.165, 1.54) is 0 Å². The van der Waals surface area contributed by atoms with Crippen LogP contribution in [0.4, 0.5) is 4.79 Å². The highest BCUT2D eigenvalue weighted by Gasteiger charge is 2.41. The van der Waals surface area contributed by atoms with E-state index in [0.29, 0.717) is 6.61 Å². The van der Waals surface area contributed by atoms with Crippen LogP contribution >= 0.6 is 11.6 Å². The van der Waals surface area contributed by atoms with Gasteiger partial charge >= 0.3 is 5.43 Å². The van der Waals surface area contributed by atoms with E-state index in [-0.39, 0.29) is 22.8 Å². The molecule has 0 spiro atoms. The fourth-order valence-electron chi connectivity index (χ4n) is 1.39. The Bertz CT molecular complexity index is 398. The molecule has 0 saturated carbocycles. The van der Waals surface area contributed by atoms with Gasteiger partial charge in [0.2, 0.25) is 0 Å². The second kappa shape index (κ2) is 8.00. The summed E-state index contributed by atoms with van der Waals surface area (Å²) in [6.45, 7) is 22.4. The van der Waals surface area contributed by atoms with Crippen LogP contribution in [-0.4, -0.2) is 41.4 Å². The van der Waals surface area contributed by atoms with Gasteiger partial charge in [-0.15, -0.1) is 0 Å². The predicted octanol–water partition coefficient (Wildman–Crippen LogP) is 5.77. The van der Waals surface area contributed by atoms with E-state index in [4.69, 9.17) is 25.2 Å². The van der Waals surface area contributed by atoms with Crippen molar-refractivity contribution in [2.45, 2.75) is 83.9 Å². The summed E-state index contributed by atoms with van der Waals surface area (Å²) >= 11 is 5.31. The fourth-order valence-corrected chi connectivity index (χ4v) is 3.81. The minimum atomic E-state index is -1.98. The summed E-state index contributed by atoms with van der Waals surface area (Å²) in [6.07, 6.45) is -0.285. The van der Waals surface area contributed by atoms with Crippen molar-refractivity contribution in [3.8, 4) is 0 Å². The zero-order valence-electron chi connectivity index (χ0n) is 16.5. The summed E-state index contributed by atoms with van der Waals surface area (Å²) in [5, 5.41) is 0.199. The number of hydrogen-bond acceptors (Lipinski definition) is 4. The molecular formula is C16H35ClO4Si2. The van der Waals surface area contributed by atoms with Crippen LogP contribution in [0.1, 0.15) is 41.5 Å². The number of carbonyl (C=O) groups is 1. The first-order valence-corrected chi connectivity index (χ1v) is 14.3. The predicted molar refractivity (Wildman–Crippen MR) is 102 cm³/mol. The van der Waals surface area contributed by atoms with Crippen molar-refractivity contribution in [1.82, 2.24) is 0 Å². The quantitative estimate of drug-likeness (QED) is 0.413. The number of halogens is 1. The third kappa shape index (κ3) is 7.69. The van der Waals surface area contributed by atoms with Crippen molar-refractivity contribution in [2.24, 2.45) is 0 Å². The molecule has 0 amide bonds. The molecule has 0 fully saturated rings. The third-order valence-electron chi connectivity index (χ3n) is 5.09. The van der Waals surface area contributed by atoms with E-state index in [9.17, 15) is 4.79 Å². The highest BCUT2D eigenvalue weighted by Crippen LogP contribution is 2.39. The molecule has 7 heteroatoms. The van der Waals surface area contributed by atoms with E-state index in [1.807, 2.05) is 0 Å². The first-order valence-electron chi connectivity index (χ1n) is 8.14. The van der Waals surface area contributed by atoms with E-state index in [1.54, 1.807) is 0 Å². The first kappa shape index (κ1) is 23.1. The molecule has 0 aliphatic rings. The van der Waals surface area contributed by atoms with Crippen LogP contribution < -0.4 is 0 Å². The number of hydrogen-bond donors (Lipinski definition) is 0. The van der Waals surface area contributed by atoms with Gasteiger partial charge in [0.1, 0.15) is 12.7 Å². The molecule has 0 N–H and O–H groups in total. The number of carbonyl (C=O) groups excluding carboxylic acids is 1. The van der Waals surface area contributed by atoms with Crippen LogP contribution in [0.2, 0.25) is 36.3 Å². The highest BCUT2D eigenvalue weighted by atomic mass is 35.5. The molecule has 0 aromatic rings. The third-order valence-corrected chi connectivity index (χ3v) is 14.2. The average molecular weight is 383 g/mol. The number of ether oxygens (including phenoxy) is 1. The monoisotopic (exact) mass is 382 g/mol. The topological polar surface area (TPSA) is 44.8 Å². The minimum Gasteiger partial charge on any atom is -0.451 e. The van der Waals surface area contributed by atoms with Gasteiger partial charge < -0.3 is 13.6 Å². The summed E-state index contributed by atoms with van der Waals surface area (Å²) in [5.41, 5.74) is -0.804. The van der Waals surface area contributed by atoms with Crippen molar-refractivity contribution in [3.63, 3.8) is 0 Å². The summed E-state index contributed by atoms with van der Waals surface area (Å²) in [5.74, 6) is 0. The Morgan fingerprint density at radius 2 is 1.35 bits per heavy atom. The molecule has 0 aromatic carbocycles. The Kier molecular flexibility index (Phi) is 8.03. The molecule has 4 nitrogen and oxygen atoms in total. The molecule has 0 heterocycles. The van der Waals surface area contributed by atoms with Crippen LogP contribution in [-0.2, 0) is 13.6 Å². The summed E-state index contributed by atoms with van der Waals surface area (Å²) < 4.78 is 17.6. The van der Waals surface area contributed by atoms with E-state index < -0.39 is 22.1 Å². The molecule has 138 valence electrons. The van der Waals surface area contributed by atoms with E-state index >= 15 is 0 Å². The Morgan fingerprint density at radius 3 is 1.70 bits per heavy atom. The molecule has 0 bridgehead atoms. The Balaban J connectivity index is 5.00. The molecular weight excluding hydrogens is 348 g/mol. The molecule has 23 heavy (non-hydrogen) atoms. The molecule has 0 radical (unpaired) electrons. The lowest BCUT2D eigenvalue weighted by Crippen LogP contribution is -2.49. The zero-order valence-corrected chi connectivity index (χ0v) is 19.3. The van der Waals surface area contributed by atoms with Crippen LogP contribution in [0.15, 0.2) is 0 Å². The highest BCUT2D eigenvalue weighted by molar-refractivity contribution is 6.74. The SMILES string of the molecule is CC(C)(C)[Si](C)(C)OC[C@H](COC(=O)Cl)O[Si](C)(C)C(C)(C)C. The molecule has 0 aromatic heterocycles. The van der Waals surface area contributed by atoms with Gasteiger partial charge in [-0.2, -0.15) is 0 Å². The van der Waals surface area contributed by atoms with Gasteiger partial charge in [-0.1, -0.05) is 41.5 Å². The van der Waals surface area contributed by atoms with Gasteiger partial charge in [-0.3, -0.25) is 0 Å². The molecule has 0 aliphatic heterocycles. The smallest absolute Gasteiger partial charge is 0.403 e. The van der Waals surface area contributed by atoms with Gasteiger partial charge in [0.05, 0.1) is 6.61 Å². The Labute approximate surface area is 149 Å². The second-order valence-corrected chi connectivity index (χ2v) is 19.0. The van der Waals surface area contributed by atoms with Crippen molar-refractivity contribution >= 4 is 33.7 Å². The van der Waals surface area contributed by atoms with Gasteiger partial charge in [0.25, 0.3) is 0 Å². The van der Waals surface area contributed by atoms with E-state index in [2.05, 4.69) is 67.7 Å². The minimum absolute atomic E-state index is 0.0766.